The highest BCUT2D eigenvalue weighted by Gasteiger charge is 2.22. The smallest absolute Gasteiger partial charge is 0.322 e. The van der Waals surface area contributed by atoms with E-state index in [2.05, 4.69) is 10.6 Å². The quantitative estimate of drug-likeness (QED) is 0.859. The SMILES string of the molecule is CN(CC(=O)NC(C)(C)C)C(=O)Nc1cc(F)c(N2CCCC2)c(F)c1. The standard InChI is InChI=1S/C18H26F2N4O2/c1-18(2,3)22-15(25)11-23(4)17(26)21-12-9-13(19)16(14(20)10-12)24-7-5-6-8-24/h9-10H,5-8,11H2,1-4H3,(H,21,26)(H,22,25). The number of nitrogens with one attached hydrogen (secondary N) is 2. The first kappa shape index (κ1) is 19.9. The van der Waals surface area contributed by atoms with Crippen LogP contribution in [0.15, 0.2) is 12.1 Å². The summed E-state index contributed by atoms with van der Waals surface area (Å²) in [6.45, 7) is 6.56. The Labute approximate surface area is 152 Å². The molecule has 0 saturated carbocycles. The van der Waals surface area contributed by atoms with Gasteiger partial charge in [0.1, 0.15) is 12.2 Å². The van der Waals surface area contributed by atoms with E-state index in [4.69, 9.17) is 0 Å². The van der Waals surface area contributed by atoms with Gasteiger partial charge >= 0.3 is 6.03 Å². The first-order valence-corrected chi connectivity index (χ1v) is 8.64. The van der Waals surface area contributed by atoms with Gasteiger partial charge in [0.25, 0.3) is 0 Å². The van der Waals surface area contributed by atoms with Crippen LogP contribution in [0.5, 0.6) is 0 Å². The molecule has 1 fully saturated rings. The highest BCUT2D eigenvalue weighted by molar-refractivity contribution is 5.92. The topological polar surface area (TPSA) is 64.7 Å². The number of carbonyl (C=O) groups excluding carboxylic acids is 2. The Kier molecular flexibility index (Phi) is 6.05. The molecule has 1 aliphatic rings. The second kappa shape index (κ2) is 7.88. The van der Waals surface area contributed by atoms with Crippen molar-refractivity contribution in [3.8, 4) is 0 Å². The van der Waals surface area contributed by atoms with E-state index in [1.165, 1.54) is 7.05 Å². The number of nitrogens with zero attached hydrogens (tertiary/aromatic N) is 2. The lowest BCUT2D eigenvalue weighted by Crippen LogP contribution is -2.47. The van der Waals surface area contributed by atoms with Gasteiger partial charge < -0.3 is 20.4 Å². The Morgan fingerprint density at radius 3 is 2.19 bits per heavy atom. The van der Waals surface area contributed by atoms with Crippen LogP contribution in [0.2, 0.25) is 0 Å². The molecule has 8 heteroatoms. The minimum absolute atomic E-state index is 0.0102. The predicted octanol–water partition coefficient (Wildman–Crippen LogP) is 2.94. The average Bonchev–Trinajstić information content (AvgIpc) is 2.98. The Hall–Kier alpha value is -2.38. The summed E-state index contributed by atoms with van der Waals surface area (Å²) < 4.78 is 28.6. The Morgan fingerprint density at radius 2 is 1.69 bits per heavy atom. The number of halogens is 2. The van der Waals surface area contributed by atoms with Gasteiger partial charge in [-0.3, -0.25) is 4.79 Å². The summed E-state index contributed by atoms with van der Waals surface area (Å²) in [5.74, 6) is -1.75. The summed E-state index contributed by atoms with van der Waals surface area (Å²) in [6, 6.07) is 1.57. The van der Waals surface area contributed by atoms with Crippen LogP contribution in [0.1, 0.15) is 33.6 Å². The van der Waals surface area contributed by atoms with Crippen molar-refractivity contribution in [2.24, 2.45) is 0 Å². The van der Waals surface area contributed by atoms with Gasteiger partial charge in [0.2, 0.25) is 5.91 Å². The Balaban J connectivity index is 2.01. The number of amides is 3. The summed E-state index contributed by atoms with van der Waals surface area (Å²) in [6.07, 6.45) is 1.80. The molecule has 0 spiro atoms. The number of carbonyl (C=O) groups is 2. The normalized spacial score (nSPS) is 14.3. The van der Waals surface area contributed by atoms with Gasteiger partial charge in [0.05, 0.1) is 0 Å². The number of hydrogen-bond donors (Lipinski definition) is 2. The fourth-order valence-electron chi connectivity index (χ4n) is 2.84. The minimum Gasteiger partial charge on any atom is -0.367 e. The fourth-order valence-corrected chi connectivity index (χ4v) is 2.84. The molecule has 0 unspecified atom stereocenters. The van der Waals surface area contributed by atoms with Gasteiger partial charge in [-0.2, -0.15) is 0 Å². The number of rotatable bonds is 4. The number of likely N-dealkylation sites (N-methyl/N-ethyl adjacent to an activating group) is 1. The van der Waals surface area contributed by atoms with Crippen LogP contribution in [0, 0.1) is 11.6 Å². The van der Waals surface area contributed by atoms with Gasteiger partial charge in [-0.1, -0.05) is 0 Å². The zero-order valence-electron chi connectivity index (χ0n) is 15.7. The van der Waals surface area contributed by atoms with Gasteiger partial charge in [-0.15, -0.1) is 0 Å². The molecule has 1 aromatic rings. The third-order valence-electron chi connectivity index (χ3n) is 3.93. The second-order valence-corrected chi connectivity index (χ2v) is 7.57. The van der Waals surface area contributed by atoms with Crippen LogP contribution in [0.3, 0.4) is 0 Å². The molecule has 144 valence electrons. The fraction of sp³-hybridized carbons (Fsp3) is 0.556. The lowest BCUT2D eigenvalue weighted by Gasteiger charge is -2.24. The summed E-state index contributed by atoms with van der Waals surface area (Å²) in [4.78, 5) is 26.8. The molecule has 0 bridgehead atoms. The van der Waals surface area contributed by atoms with Crippen molar-refractivity contribution in [2.45, 2.75) is 39.2 Å². The largest absolute Gasteiger partial charge is 0.367 e. The number of hydrogen-bond acceptors (Lipinski definition) is 3. The molecule has 0 aromatic heterocycles. The van der Waals surface area contributed by atoms with E-state index in [-0.39, 0.29) is 23.8 Å². The van der Waals surface area contributed by atoms with E-state index < -0.39 is 23.2 Å². The molecule has 6 nitrogen and oxygen atoms in total. The Bertz CT molecular complexity index is 659. The summed E-state index contributed by atoms with van der Waals surface area (Å²) >= 11 is 0. The van der Waals surface area contributed by atoms with Crippen molar-refractivity contribution in [1.29, 1.82) is 0 Å². The summed E-state index contributed by atoms with van der Waals surface area (Å²) in [5, 5.41) is 5.16. The maximum absolute atomic E-state index is 14.3. The molecule has 1 saturated heterocycles. The molecule has 1 aliphatic heterocycles. The van der Waals surface area contributed by atoms with Crippen molar-refractivity contribution in [2.75, 3.05) is 36.9 Å². The third kappa shape index (κ3) is 5.31. The minimum atomic E-state index is -0.713. The molecule has 1 heterocycles. The predicted molar refractivity (Wildman–Crippen MR) is 97.3 cm³/mol. The van der Waals surface area contributed by atoms with E-state index in [1.807, 2.05) is 20.8 Å². The molecule has 0 atom stereocenters. The second-order valence-electron chi connectivity index (χ2n) is 7.57. The molecule has 1 aromatic carbocycles. The zero-order chi connectivity index (χ0) is 19.5. The molecular formula is C18H26F2N4O2. The monoisotopic (exact) mass is 368 g/mol. The highest BCUT2D eigenvalue weighted by atomic mass is 19.1. The first-order chi connectivity index (χ1) is 12.1. The maximum Gasteiger partial charge on any atom is 0.322 e. The van der Waals surface area contributed by atoms with Crippen molar-refractivity contribution < 1.29 is 18.4 Å². The van der Waals surface area contributed by atoms with E-state index in [0.717, 1.165) is 29.9 Å². The highest BCUT2D eigenvalue weighted by Crippen LogP contribution is 2.29. The first-order valence-electron chi connectivity index (χ1n) is 8.64. The molecule has 3 amide bonds. The third-order valence-corrected chi connectivity index (χ3v) is 3.93. The molecular weight excluding hydrogens is 342 g/mol. The summed E-state index contributed by atoms with van der Waals surface area (Å²) in [7, 11) is 1.43. The van der Waals surface area contributed by atoms with Crippen molar-refractivity contribution in [3.63, 3.8) is 0 Å². The molecule has 0 aliphatic carbocycles. The van der Waals surface area contributed by atoms with Crippen molar-refractivity contribution in [3.05, 3.63) is 23.8 Å². The number of anilines is 2. The lowest BCUT2D eigenvalue weighted by atomic mass is 10.1. The van der Waals surface area contributed by atoms with Gasteiger partial charge in [-0.25, -0.2) is 13.6 Å². The molecule has 2 rings (SSSR count). The van der Waals surface area contributed by atoms with Crippen LogP contribution < -0.4 is 15.5 Å². The van der Waals surface area contributed by atoms with Crippen LogP contribution in [0.25, 0.3) is 0 Å². The number of benzene rings is 1. The zero-order valence-corrected chi connectivity index (χ0v) is 15.7. The van der Waals surface area contributed by atoms with E-state index in [9.17, 15) is 18.4 Å². The van der Waals surface area contributed by atoms with E-state index >= 15 is 0 Å². The maximum atomic E-state index is 14.3. The van der Waals surface area contributed by atoms with Gasteiger partial charge in [-0.05, 0) is 45.7 Å². The Morgan fingerprint density at radius 1 is 1.15 bits per heavy atom. The number of urea groups is 1. The molecule has 26 heavy (non-hydrogen) atoms. The molecule has 0 radical (unpaired) electrons. The summed E-state index contributed by atoms with van der Waals surface area (Å²) in [5.41, 5.74) is -0.457. The lowest BCUT2D eigenvalue weighted by molar-refractivity contribution is -0.122. The molecule has 2 N–H and O–H groups in total. The van der Waals surface area contributed by atoms with E-state index in [0.29, 0.717) is 13.1 Å². The van der Waals surface area contributed by atoms with Crippen LogP contribution in [-0.2, 0) is 4.79 Å². The van der Waals surface area contributed by atoms with Crippen molar-refractivity contribution in [1.82, 2.24) is 10.2 Å². The van der Waals surface area contributed by atoms with E-state index in [1.54, 1.807) is 4.90 Å². The van der Waals surface area contributed by atoms with Gasteiger partial charge in [0.15, 0.2) is 11.6 Å². The van der Waals surface area contributed by atoms with Crippen LogP contribution in [0.4, 0.5) is 25.0 Å². The van der Waals surface area contributed by atoms with Gasteiger partial charge in [0, 0.05) is 31.4 Å². The van der Waals surface area contributed by atoms with Crippen LogP contribution >= 0.6 is 0 Å². The average molecular weight is 368 g/mol. The van der Waals surface area contributed by atoms with Crippen molar-refractivity contribution >= 4 is 23.3 Å². The van der Waals surface area contributed by atoms with Crippen LogP contribution in [-0.4, -0.2) is 49.1 Å².